The van der Waals surface area contributed by atoms with Crippen LogP contribution in [0.25, 0.3) is 0 Å². The van der Waals surface area contributed by atoms with Gasteiger partial charge in [0.2, 0.25) is 0 Å². The van der Waals surface area contributed by atoms with Crippen molar-refractivity contribution in [3.05, 3.63) is 29.8 Å². The van der Waals surface area contributed by atoms with E-state index < -0.39 is 0 Å². The molecule has 1 aromatic rings. The summed E-state index contributed by atoms with van der Waals surface area (Å²) < 4.78 is 10.8. The van der Waals surface area contributed by atoms with E-state index in [0.717, 1.165) is 0 Å². The molecule has 0 fully saturated rings. The molecule has 0 radical (unpaired) electrons. The topological polar surface area (TPSA) is 35.5 Å². The first-order chi connectivity index (χ1) is 8.15. The Balaban J connectivity index is 2.71. The average Bonchev–Trinajstić information content (AvgIpc) is 2.29. The molecule has 0 aliphatic carbocycles. The maximum Gasteiger partial charge on any atom is 0.168 e. The van der Waals surface area contributed by atoms with E-state index in [9.17, 15) is 4.79 Å². The molecule has 0 saturated heterocycles. The van der Waals surface area contributed by atoms with Gasteiger partial charge in [0, 0.05) is 13.0 Å². The lowest BCUT2D eigenvalue weighted by molar-refractivity contribution is 0.0890. The summed E-state index contributed by atoms with van der Waals surface area (Å²) in [6.45, 7) is 6.91. The molecule has 0 unspecified atom stereocenters. The van der Waals surface area contributed by atoms with E-state index in [1.165, 1.54) is 0 Å². The first-order valence-corrected chi connectivity index (χ1v) is 6.01. The van der Waals surface area contributed by atoms with Gasteiger partial charge in [-0.3, -0.25) is 4.79 Å². The van der Waals surface area contributed by atoms with E-state index in [0.29, 0.717) is 30.9 Å². The van der Waals surface area contributed by atoms with Gasteiger partial charge in [0.15, 0.2) is 5.78 Å². The molecule has 0 aliphatic heterocycles. The fraction of sp³-hybridized carbons (Fsp3) is 0.500. The highest BCUT2D eigenvalue weighted by atomic mass is 16.5. The smallest absolute Gasteiger partial charge is 0.168 e. The normalized spacial score (nSPS) is 10.6. The predicted octanol–water partition coefficient (Wildman–Crippen LogP) is 3.08. The van der Waals surface area contributed by atoms with Crippen LogP contribution in [0.15, 0.2) is 24.3 Å². The lowest BCUT2D eigenvalue weighted by atomic mass is 10.1. The third-order valence-corrected chi connectivity index (χ3v) is 2.23. The number of carbonyl (C=O) groups is 1. The van der Waals surface area contributed by atoms with E-state index in [1.54, 1.807) is 6.07 Å². The van der Waals surface area contributed by atoms with Crippen LogP contribution in [-0.4, -0.2) is 25.1 Å². The first-order valence-electron chi connectivity index (χ1n) is 6.01. The number of rotatable bonds is 7. The standard InChI is InChI=1S/C14H20O3/c1-4-16-10-9-13(15)12-7-5-6-8-14(12)17-11(2)3/h5-8,11H,4,9-10H2,1-3H3. The zero-order chi connectivity index (χ0) is 12.7. The molecule has 1 rings (SSSR count). The van der Waals surface area contributed by atoms with Crippen molar-refractivity contribution in [2.75, 3.05) is 13.2 Å². The zero-order valence-electron chi connectivity index (χ0n) is 10.7. The lowest BCUT2D eigenvalue weighted by Crippen LogP contribution is -2.11. The molecular formula is C14H20O3. The third-order valence-electron chi connectivity index (χ3n) is 2.23. The summed E-state index contributed by atoms with van der Waals surface area (Å²) in [6.07, 6.45) is 0.461. The second-order valence-electron chi connectivity index (χ2n) is 4.03. The molecule has 94 valence electrons. The minimum atomic E-state index is 0.0645. The van der Waals surface area contributed by atoms with Crippen molar-refractivity contribution in [3.8, 4) is 5.75 Å². The average molecular weight is 236 g/mol. The summed E-state index contributed by atoms with van der Waals surface area (Å²) in [5.41, 5.74) is 0.640. The summed E-state index contributed by atoms with van der Waals surface area (Å²) in [6, 6.07) is 7.35. The molecule has 3 nitrogen and oxygen atoms in total. The van der Waals surface area contributed by atoms with Gasteiger partial charge >= 0.3 is 0 Å². The molecule has 0 atom stereocenters. The Hall–Kier alpha value is -1.35. The number of carbonyl (C=O) groups excluding carboxylic acids is 1. The Bertz CT molecular complexity index is 358. The molecule has 0 bridgehead atoms. The Morgan fingerprint density at radius 2 is 2.00 bits per heavy atom. The van der Waals surface area contributed by atoms with Crippen LogP contribution in [0.4, 0.5) is 0 Å². The quantitative estimate of drug-likeness (QED) is 0.539. The van der Waals surface area contributed by atoms with Crippen LogP contribution in [0, 0.1) is 0 Å². The number of ether oxygens (including phenoxy) is 2. The second kappa shape index (κ2) is 7.07. The number of hydrogen-bond acceptors (Lipinski definition) is 3. The van der Waals surface area contributed by atoms with Crippen molar-refractivity contribution < 1.29 is 14.3 Å². The van der Waals surface area contributed by atoms with Gasteiger partial charge in [-0.25, -0.2) is 0 Å². The van der Waals surface area contributed by atoms with Gasteiger partial charge in [-0.05, 0) is 32.9 Å². The van der Waals surface area contributed by atoms with Gasteiger partial charge in [-0.15, -0.1) is 0 Å². The molecule has 0 aromatic heterocycles. The Kier molecular flexibility index (Phi) is 5.70. The van der Waals surface area contributed by atoms with Crippen LogP contribution in [0.5, 0.6) is 5.75 Å². The van der Waals surface area contributed by atoms with Crippen LogP contribution in [0.3, 0.4) is 0 Å². The van der Waals surface area contributed by atoms with E-state index in [1.807, 2.05) is 39.0 Å². The van der Waals surface area contributed by atoms with Gasteiger partial charge in [0.25, 0.3) is 0 Å². The van der Waals surface area contributed by atoms with Crippen LogP contribution in [-0.2, 0) is 4.74 Å². The van der Waals surface area contributed by atoms with Crippen LogP contribution in [0.1, 0.15) is 37.6 Å². The molecule has 0 heterocycles. The number of benzene rings is 1. The first kappa shape index (κ1) is 13.7. The zero-order valence-corrected chi connectivity index (χ0v) is 10.7. The van der Waals surface area contributed by atoms with Crippen LogP contribution < -0.4 is 4.74 Å². The SMILES string of the molecule is CCOCCC(=O)c1ccccc1OC(C)C. The maximum atomic E-state index is 12.0. The van der Waals surface area contributed by atoms with Crippen molar-refractivity contribution in [2.45, 2.75) is 33.3 Å². The van der Waals surface area contributed by atoms with Crippen molar-refractivity contribution in [1.82, 2.24) is 0 Å². The van der Waals surface area contributed by atoms with Gasteiger partial charge in [-0.2, -0.15) is 0 Å². The van der Waals surface area contributed by atoms with Crippen molar-refractivity contribution in [1.29, 1.82) is 0 Å². The van der Waals surface area contributed by atoms with Gasteiger partial charge in [-0.1, -0.05) is 12.1 Å². The summed E-state index contributed by atoms with van der Waals surface area (Å²) in [5, 5.41) is 0. The van der Waals surface area contributed by atoms with Gasteiger partial charge < -0.3 is 9.47 Å². The Morgan fingerprint density at radius 3 is 2.65 bits per heavy atom. The van der Waals surface area contributed by atoms with Crippen LogP contribution >= 0.6 is 0 Å². The monoisotopic (exact) mass is 236 g/mol. The largest absolute Gasteiger partial charge is 0.490 e. The van der Waals surface area contributed by atoms with Crippen molar-refractivity contribution >= 4 is 5.78 Å². The Labute approximate surface area is 103 Å². The molecule has 3 heteroatoms. The highest BCUT2D eigenvalue weighted by Crippen LogP contribution is 2.20. The molecule has 0 N–H and O–H groups in total. The minimum Gasteiger partial charge on any atom is -0.490 e. The summed E-state index contributed by atoms with van der Waals surface area (Å²) in [4.78, 5) is 12.0. The fourth-order valence-electron chi connectivity index (χ4n) is 1.50. The number of ketones is 1. The van der Waals surface area contributed by atoms with E-state index in [2.05, 4.69) is 0 Å². The van der Waals surface area contributed by atoms with Crippen molar-refractivity contribution in [3.63, 3.8) is 0 Å². The number of para-hydroxylation sites is 1. The summed E-state index contributed by atoms with van der Waals surface area (Å²) in [5.74, 6) is 0.721. The van der Waals surface area contributed by atoms with E-state index >= 15 is 0 Å². The fourth-order valence-corrected chi connectivity index (χ4v) is 1.50. The second-order valence-corrected chi connectivity index (χ2v) is 4.03. The molecule has 0 amide bonds. The lowest BCUT2D eigenvalue weighted by Gasteiger charge is -2.13. The van der Waals surface area contributed by atoms with Gasteiger partial charge in [0.1, 0.15) is 5.75 Å². The van der Waals surface area contributed by atoms with Gasteiger partial charge in [0.05, 0.1) is 18.3 Å². The van der Waals surface area contributed by atoms with E-state index in [4.69, 9.17) is 9.47 Å². The molecule has 0 saturated carbocycles. The third kappa shape index (κ3) is 4.57. The van der Waals surface area contributed by atoms with E-state index in [-0.39, 0.29) is 11.9 Å². The molecule has 0 aliphatic rings. The highest BCUT2D eigenvalue weighted by Gasteiger charge is 2.12. The highest BCUT2D eigenvalue weighted by molar-refractivity contribution is 5.98. The van der Waals surface area contributed by atoms with Crippen LogP contribution in [0.2, 0.25) is 0 Å². The molecule has 1 aromatic carbocycles. The number of Topliss-reactive ketones (excluding diaryl/α,β-unsaturated/α-hetero) is 1. The van der Waals surface area contributed by atoms with Crippen molar-refractivity contribution in [2.24, 2.45) is 0 Å². The number of hydrogen-bond donors (Lipinski definition) is 0. The predicted molar refractivity (Wildman–Crippen MR) is 67.6 cm³/mol. The summed E-state index contributed by atoms with van der Waals surface area (Å²) in [7, 11) is 0. The minimum absolute atomic E-state index is 0.0645. The maximum absolute atomic E-state index is 12.0. The summed E-state index contributed by atoms with van der Waals surface area (Å²) >= 11 is 0. The molecular weight excluding hydrogens is 216 g/mol. The molecule has 0 spiro atoms. The Morgan fingerprint density at radius 1 is 1.29 bits per heavy atom. The molecule has 17 heavy (non-hydrogen) atoms.